The van der Waals surface area contributed by atoms with E-state index in [-0.39, 0.29) is 37.1 Å². The largest absolute Gasteiger partial charge is 0.335 e. The number of hydrogen-bond acceptors (Lipinski definition) is 7. The fourth-order valence-electron chi connectivity index (χ4n) is 4.15. The summed E-state index contributed by atoms with van der Waals surface area (Å²) < 4.78 is 27.0. The Labute approximate surface area is 187 Å². The Morgan fingerprint density at radius 2 is 1.72 bits per heavy atom. The number of carbonyl (C=O) groups is 2. The van der Waals surface area contributed by atoms with Crippen LogP contribution >= 0.6 is 0 Å². The molecule has 0 spiro atoms. The summed E-state index contributed by atoms with van der Waals surface area (Å²) in [5.41, 5.74) is -0.466. The van der Waals surface area contributed by atoms with Gasteiger partial charge in [-0.15, -0.1) is 0 Å². The number of nitro groups is 1. The molecule has 2 aliphatic rings. The predicted octanol–water partition coefficient (Wildman–Crippen LogP) is 1.45. The second kappa shape index (κ2) is 10.4. The Bertz CT molecular complexity index is 955. The molecule has 1 heterocycles. The second-order valence-corrected chi connectivity index (χ2v) is 10.0. The molecule has 3 rings (SSSR count). The van der Waals surface area contributed by atoms with Crippen molar-refractivity contribution >= 4 is 27.6 Å². The first-order chi connectivity index (χ1) is 15.2. The highest BCUT2D eigenvalue weighted by Gasteiger charge is 2.35. The van der Waals surface area contributed by atoms with Gasteiger partial charge in [-0.05, 0) is 25.8 Å². The zero-order valence-electron chi connectivity index (χ0n) is 18.0. The zero-order chi connectivity index (χ0) is 23.3. The van der Waals surface area contributed by atoms with E-state index >= 15 is 0 Å². The Morgan fingerprint density at radius 3 is 2.34 bits per heavy atom. The van der Waals surface area contributed by atoms with Crippen molar-refractivity contribution in [1.29, 1.82) is 0 Å². The van der Waals surface area contributed by atoms with Gasteiger partial charge in [0.1, 0.15) is 0 Å². The molecule has 2 N–H and O–H groups in total. The number of carbonyl (C=O) groups excluding carboxylic acids is 2. The quantitative estimate of drug-likeness (QED) is 0.476. The minimum Gasteiger partial charge on any atom is -0.335 e. The van der Waals surface area contributed by atoms with Crippen LogP contribution in [0.4, 0.5) is 10.5 Å². The van der Waals surface area contributed by atoms with Crippen LogP contribution in [0.1, 0.15) is 39.0 Å². The number of nitrogens with one attached hydrogen (secondary N) is 2. The molecule has 0 unspecified atom stereocenters. The Kier molecular flexibility index (Phi) is 7.80. The van der Waals surface area contributed by atoms with Crippen LogP contribution in [0.25, 0.3) is 0 Å². The third kappa shape index (κ3) is 5.61. The molecule has 32 heavy (non-hydrogen) atoms. The Hall–Kier alpha value is -2.57. The molecular weight excluding hydrogens is 438 g/mol. The molecule has 1 aliphatic heterocycles. The highest BCUT2D eigenvalue weighted by Crippen LogP contribution is 2.27. The number of nitrogens with zero attached hydrogens (tertiary/aromatic N) is 3. The van der Waals surface area contributed by atoms with Gasteiger partial charge in [0, 0.05) is 38.3 Å². The van der Waals surface area contributed by atoms with Crippen LogP contribution in [-0.2, 0) is 14.8 Å². The summed E-state index contributed by atoms with van der Waals surface area (Å²) in [6.45, 7) is 2.35. The van der Waals surface area contributed by atoms with Crippen molar-refractivity contribution in [3.63, 3.8) is 0 Å². The van der Waals surface area contributed by atoms with Crippen LogP contribution in [0, 0.1) is 10.1 Å². The third-order valence-electron chi connectivity index (χ3n) is 6.06. The van der Waals surface area contributed by atoms with Gasteiger partial charge in [0.25, 0.3) is 5.69 Å². The van der Waals surface area contributed by atoms with Crippen LogP contribution in [0.15, 0.2) is 29.2 Å². The molecule has 3 amide bonds. The van der Waals surface area contributed by atoms with Crippen molar-refractivity contribution in [2.24, 2.45) is 0 Å². The number of rotatable bonds is 6. The lowest BCUT2D eigenvalue weighted by Gasteiger charge is -2.36. The van der Waals surface area contributed by atoms with Crippen molar-refractivity contribution in [2.45, 2.75) is 56.0 Å². The molecule has 1 saturated heterocycles. The number of hydrogen-bond donors (Lipinski definition) is 2. The van der Waals surface area contributed by atoms with E-state index < -0.39 is 38.6 Å². The van der Waals surface area contributed by atoms with Gasteiger partial charge in [-0.2, -0.15) is 4.31 Å². The molecule has 1 atom stereocenters. The summed E-state index contributed by atoms with van der Waals surface area (Å²) in [6.07, 6.45) is 5.11. The fraction of sp³-hybridized carbons (Fsp3) is 0.600. The number of urea groups is 1. The number of amides is 3. The summed E-state index contributed by atoms with van der Waals surface area (Å²) >= 11 is 0. The van der Waals surface area contributed by atoms with Crippen molar-refractivity contribution in [3.05, 3.63) is 34.4 Å². The number of piperazine rings is 1. The van der Waals surface area contributed by atoms with E-state index in [1.807, 2.05) is 0 Å². The summed E-state index contributed by atoms with van der Waals surface area (Å²) in [4.78, 5) is 36.6. The summed E-state index contributed by atoms with van der Waals surface area (Å²) in [5.74, 6) is -0.451. The van der Waals surface area contributed by atoms with E-state index in [0.29, 0.717) is 0 Å². The van der Waals surface area contributed by atoms with Crippen LogP contribution in [0.2, 0.25) is 0 Å². The SMILES string of the molecule is C[C@H](C(=O)NC(=O)NC1CCCCC1)N1CCN(S(=O)(=O)c2ccccc2[N+](=O)[O-])CC1. The van der Waals surface area contributed by atoms with Gasteiger partial charge in [0.2, 0.25) is 15.9 Å². The standard InChI is InChI=1S/C20H29N5O6S/c1-15(19(26)22-20(27)21-16-7-3-2-4-8-16)23-11-13-24(14-12-23)32(30,31)18-10-6-5-9-17(18)25(28)29/h5-6,9-10,15-16H,2-4,7-8,11-14H2,1H3,(H2,21,22,26,27)/t15-/m1/s1. The minimum absolute atomic E-state index is 0.0836. The van der Waals surface area contributed by atoms with Gasteiger partial charge in [-0.25, -0.2) is 13.2 Å². The van der Waals surface area contributed by atoms with Crippen molar-refractivity contribution in [3.8, 4) is 0 Å². The van der Waals surface area contributed by atoms with Crippen molar-refractivity contribution in [2.75, 3.05) is 26.2 Å². The molecule has 176 valence electrons. The normalized spacial score (nSPS) is 19.8. The lowest BCUT2D eigenvalue weighted by Crippen LogP contribution is -2.56. The molecule has 0 bridgehead atoms. The fourth-order valence-corrected chi connectivity index (χ4v) is 5.73. The van der Waals surface area contributed by atoms with E-state index in [4.69, 9.17) is 0 Å². The first kappa shape index (κ1) is 24.1. The highest BCUT2D eigenvalue weighted by atomic mass is 32.2. The summed E-state index contributed by atoms with van der Waals surface area (Å²) in [5, 5.41) is 16.4. The number of imide groups is 1. The summed E-state index contributed by atoms with van der Waals surface area (Å²) in [7, 11) is -4.04. The third-order valence-corrected chi connectivity index (χ3v) is 8.00. The number of sulfonamides is 1. The molecule has 11 nitrogen and oxygen atoms in total. The smallest absolute Gasteiger partial charge is 0.321 e. The minimum atomic E-state index is -4.04. The number of nitro benzene ring substituents is 1. The molecular formula is C20H29N5O6S. The molecule has 0 aromatic heterocycles. The van der Waals surface area contributed by atoms with Gasteiger partial charge >= 0.3 is 6.03 Å². The lowest BCUT2D eigenvalue weighted by atomic mass is 9.96. The van der Waals surface area contributed by atoms with E-state index in [0.717, 1.165) is 38.2 Å². The first-order valence-electron chi connectivity index (χ1n) is 10.8. The molecule has 1 aromatic carbocycles. The Morgan fingerprint density at radius 1 is 1.09 bits per heavy atom. The van der Waals surface area contributed by atoms with Gasteiger partial charge < -0.3 is 5.32 Å². The van der Waals surface area contributed by atoms with Crippen molar-refractivity contribution < 1.29 is 22.9 Å². The number of benzene rings is 1. The molecule has 0 radical (unpaired) electrons. The Balaban J connectivity index is 1.55. The summed E-state index contributed by atoms with van der Waals surface area (Å²) in [6, 6.07) is 4.20. The zero-order valence-corrected chi connectivity index (χ0v) is 18.8. The molecule has 1 aromatic rings. The topological polar surface area (TPSA) is 142 Å². The maximum Gasteiger partial charge on any atom is 0.321 e. The van der Waals surface area contributed by atoms with Gasteiger partial charge in [-0.3, -0.25) is 25.1 Å². The van der Waals surface area contributed by atoms with E-state index in [1.54, 1.807) is 11.8 Å². The second-order valence-electron chi connectivity index (χ2n) is 8.14. The number of para-hydroxylation sites is 1. The maximum absolute atomic E-state index is 12.9. The van der Waals surface area contributed by atoms with Gasteiger partial charge in [-0.1, -0.05) is 31.4 Å². The van der Waals surface area contributed by atoms with Crippen LogP contribution in [0.5, 0.6) is 0 Å². The monoisotopic (exact) mass is 467 g/mol. The highest BCUT2D eigenvalue weighted by molar-refractivity contribution is 7.89. The average molecular weight is 468 g/mol. The van der Waals surface area contributed by atoms with Crippen LogP contribution in [-0.4, -0.2) is 72.7 Å². The molecule has 1 saturated carbocycles. The first-order valence-corrected chi connectivity index (χ1v) is 12.2. The molecule has 2 fully saturated rings. The lowest BCUT2D eigenvalue weighted by molar-refractivity contribution is -0.387. The molecule has 1 aliphatic carbocycles. The van der Waals surface area contributed by atoms with E-state index in [1.165, 1.54) is 22.5 Å². The maximum atomic E-state index is 12.9. The molecule has 12 heteroatoms. The van der Waals surface area contributed by atoms with E-state index in [9.17, 15) is 28.1 Å². The van der Waals surface area contributed by atoms with Crippen LogP contribution < -0.4 is 10.6 Å². The van der Waals surface area contributed by atoms with E-state index in [2.05, 4.69) is 10.6 Å². The average Bonchev–Trinajstić information content (AvgIpc) is 2.79. The van der Waals surface area contributed by atoms with Crippen LogP contribution in [0.3, 0.4) is 0 Å². The van der Waals surface area contributed by atoms with Crippen molar-refractivity contribution in [1.82, 2.24) is 19.8 Å². The predicted molar refractivity (Wildman–Crippen MR) is 116 cm³/mol. The van der Waals surface area contributed by atoms with Gasteiger partial charge in [0.05, 0.1) is 11.0 Å². The van der Waals surface area contributed by atoms with Gasteiger partial charge in [0.15, 0.2) is 4.90 Å².